The summed E-state index contributed by atoms with van der Waals surface area (Å²) >= 11 is 0. The van der Waals surface area contributed by atoms with Gasteiger partial charge in [-0.05, 0) is 45.7 Å². The van der Waals surface area contributed by atoms with Crippen LogP contribution in [-0.4, -0.2) is 22.7 Å². The monoisotopic (exact) mass is 261 g/mol. The number of cyclic esters (lactones) is 1. The highest BCUT2D eigenvalue weighted by molar-refractivity contribution is 5.92. The predicted molar refractivity (Wildman–Crippen MR) is 73.4 cm³/mol. The molecule has 1 aromatic heterocycles. The van der Waals surface area contributed by atoms with E-state index in [1.807, 2.05) is 20.8 Å². The van der Waals surface area contributed by atoms with Gasteiger partial charge < -0.3 is 10.1 Å². The molecule has 1 unspecified atom stereocenters. The molecule has 0 aromatic carbocycles. The summed E-state index contributed by atoms with van der Waals surface area (Å²) in [6.07, 6.45) is 0.656. The Hall–Kier alpha value is -1.78. The number of hydrogen-bond acceptors (Lipinski definition) is 4. The van der Waals surface area contributed by atoms with E-state index in [0.29, 0.717) is 6.04 Å². The van der Waals surface area contributed by atoms with Gasteiger partial charge >= 0.3 is 6.09 Å². The molecule has 5 heteroatoms. The van der Waals surface area contributed by atoms with Crippen molar-refractivity contribution in [3.8, 4) is 0 Å². The Morgan fingerprint density at radius 1 is 1.47 bits per heavy atom. The second kappa shape index (κ2) is 3.85. The largest absolute Gasteiger partial charge is 0.443 e. The molecule has 3 rings (SSSR count). The number of nitrogens with one attached hydrogen (secondary N) is 1. The van der Waals surface area contributed by atoms with Gasteiger partial charge in [-0.2, -0.15) is 0 Å². The maximum absolute atomic E-state index is 12.0. The van der Waals surface area contributed by atoms with E-state index in [1.165, 1.54) is 5.56 Å². The molecule has 1 aromatic rings. The lowest BCUT2D eigenvalue weighted by atomic mass is 10.0. The quantitative estimate of drug-likeness (QED) is 0.780. The van der Waals surface area contributed by atoms with Crippen LogP contribution in [0.15, 0.2) is 6.07 Å². The average Bonchev–Trinajstić information content (AvgIpc) is 2.63. The topological polar surface area (TPSA) is 54.5 Å². The van der Waals surface area contributed by atoms with Crippen LogP contribution in [0.3, 0.4) is 0 Å². The Labute approximate surface area is 113 Å². The van der Waals surface area contributed by atoms with E-state index in [1.54, 1.807) is 4.90 Å². The normalized spacial score (nSPS) is 21.6. The van der Waals surface area contributed by atoms with Crippen molar-refractivity contribution in [2.75, 3.05) is 10.2 Å². The number of aromatic nitrogens is 1. The maximum atomic E-state index is 12.0. The van der Waals surface area contributed by atoms with E-state index in [0.717, 1.165) is 23.6 Å². The summed E-state index contributed by atoms with van der Waals surface area (Å²) in [5, 5.41) is 3.34. The number of rotatable bonds is 0. The van der Waals surface area contributed by atoms with Gasteiger partial charge in [0.25, 0.3) is 0 Å². The molecular formula is C14H19N3O2. The van der Waals surface area contributed by atoms with Gasteiger partial charge in [-0.15, -0.1) is 0 Å². The first-order valence-corrected chi connectivity index (χ1v) is 6.62. The molecule has 0 fully saturated rings. The summed E-state index contributed by atoms with van der Waals surface area (Å²) in [6, 6.07) is 2.48. The second-order valence-corrected chi connectivity index (χ2v) is 6.27. The third-order valence-electron chi connectivity index (χ3n) is 3.49. The molecule has 102 valence electrons. The van der Waals surface area contributed by atoms with Crippen LogP contribution in [0.2, 0.25) is 0 Å². The number of hydrogen-bond donors (Lipinski definition) is 1. The van der Waals surface area contributed by atoms with Gasteiger partial charge in [-0.1, -0.05) is 0 Å². The number of carbonyl (C=O) groups excluding carboxylic acids is 1. The van der Waals surface area contributed by atoms with Crippen LogP contribution < -0.4 is 10.2 Å². The first-order chi connectivity index (χ1) is 8.86. The van der Waals surface area contributed by atoms with Crippen molar-refractivity contribution in [1.82, 2.24) is 4.98 Å². The Morgan fingerprint density at radius 3 is 2.89 bits per heavy atom. The molecule has 1 atom stereocenters. The molecule has 0 bridgehead atoms. The zero-order chi connectivity index (χ0) is 13.8. The summed E-state index contributed by atoms with van der Waals surface area (Å²) in [5.41, 5.74) is 2.57. The van der Waals surface area contributed by atoms with Crippen molar-refractivity contribution in [3.05, 3.63) is 17.3 Å². The van der Waals surface area contributed by atoms with E-state index >= 15 is 0 Å². The third-order valence-corrected chi connectivity index (χ3v) is 3.49. The number of pyridine rings is 1. The number of ether oxygens (including phenoxy) is 1. The molecular weight excluding hydrogens is 242 g/mol. The molecule has 0 saturated carbocycles. The van der Waals surface area contributed by atoms with Crippen LogP contribution in [0, 0.1) is 0 Å². The first kappa shape index (κ1) is 12.3. The molecule has 0 radical (unpaired) electrons. The molecule has 1 N–H and O–H groups in total. The second-order valence-electron chi connectivity index (χ2n) is 6.27. The summed E-state index contributed by atoms with van der Waals surface area (Å²) in [7, 11) is 0. The van der Waals surface area contributed by atoms with Crippen molar-refractivity contribution in [1.29, 1.82) is 0 Å². The molecule has 0 spiro atoms. The fraction of sp³-hybridized carbons (Fsp3) is 0.571. The average molecular weight is 261 g/mol. The van der Waals surface area contributed by atoms with Crippen LogP contribution in [0.5, 0.6) is 0 Å². The van der Waals surface area contributed by atoms with Crippen molar-refractivity contribution in [2.45, 2.75) is 52.3 Å². The van der Waals surface area contributed by atoms with Crippen LogP contribution in [0.4, 0.5) is 16.3 Å². The first-order valence-electron chi connectivity index (χ1n) is 6.62. The van der Waals surface area contributed by atoms with E-state index in [2.05, 4.69) is 23.3 Å². The lowest BCUT2D eigenvalue weighted by Gasteiger charge is -2.38. The standard InChI is InChI=1S/C14H19N3O2/c1-8-5-9-6-11-10(16-12(9)15-8)7-19-13(18)17(11)14(2,3)4/h6,8H,5,7H2,1-4H3,(H,15,16). The Balaban J connectivity index is 2.11. The molecule has 3 heterocycles. The van der Waals surface area contributed by atoms with Crippen molar-refractivity contribution in [3.63, 3.8) is 0 Å². The fourth-order valence-corrected chi connectivity index (χ4v) is 2.70. The summed E-state index contributed by atoms with van der Waals surface area (Å²) < 4.78 is 5.23. The minimum atomic E-state index is -0.320. The number of fused-ring (bicyclic) bond motifs is 2. The lowest BCUT2D eigenvalue weighted by Crippen LogP contribution is -2.48. The molecule has 19 heavy (non-hydrogen) atoms. The minimum Gasteiger partial charge on any atom is -0.443 e. The van der Waals surface area contributed by atoms with E-state index < -0.39 is 0 Å². The van der Waals surface area contributed by atoms with Gasteiger partial charge in [0.15, 0.2) is 0 Å². The number of anilines is 2. The summed E-state index contributed by atoms with van der Waals surface area (Å²) in [4.78, 5) is 18.3. The number of carbonyl (C=O) groups is 1. The summed E-state index contributed by atoms with van der Waals surface area (Å²) in [6.45, 7) is 8.38. The van der Waals surface area contributed by atoms with Crippen molar-refractivity contribution < 1.29 is 9.53 Å². The smallest absolute Gasteiger partial charge is 0.415 e. The van der Waals surface area contributed by atoms with Gasteiger partial charge in [-0.3, -0.25) is 4.90 Å². The minimum absolute atomic E-state index is 0.254. The molecule has 2 aliphatic rings. The van der Waals surface area contributed by atoms with Crippen LogP contribution in [0.25, 0.3) is 0 Å². The fourth-order valence-electron chi connectivity index (χ4n) is 2.70. The van der Waals surface area contributed by atoms with E-state index in [4.69, 9.17) is 4.74 Å². The zero-order valence-electron chi connectivity index (χ0n) is 11.8. The van der Waals surface area contributed by atoms with Crippen molar-refractivity contribution >= 4 is 17.6 Å². The van der Waals surface area contributed by atoms with Gasteiger partial charge in [-0.25, -0.2) is 9.78 Å². The Morgan fingerprint density at radius 2 is 2.21 bits per heavy atom. The van der Waals surface area contributed by atoms with Gasteiger partial charge in [0.05, 0.1) is 5.69 Å². The van der Waals surface area contributed by atoms with Gasteiger partial charge in [0.1, 0.15) is 18.1 Å². The maximum Gasteiger partial charge on any atom is 0.415 e. The van der Waals surface area contributed by atoms with Crippen LogP contribution in [0.1, 0.15) is 39.0 Å². The lowest BCUT2D eigenvalue weighted by molar-refractivity contribution is 0.134. The summed E-state index contributed by atoms with van der Waals surface area (Å²) in [5.74, 6) is 0.929. The van der Waals surface area contributed by atoms with Crippen molar-refractivity contribution in [2.24, 2.45) is 0 Å². The number of nitrogens with zero attached hydrogens (tertiary/aromatic N) is 2. The number of amides is 1. The van der Waals surface area contributed by atoms with Crippen LogP contribution >= 0.6 is 0 Å². The Bertz CT molecular complexity index is 548. The third kappa shape index (κ3) is 1.93. The molecule has 0 aliphatic carbocycles. The molecule has 1 amide bonds. The van der Waals surface area contributed by atoms with E-state index in [-0.39, 0.29) is 18.2 Å². The highest BCUT2D eigenvalue weighted by Gasteiger charge is 2.36. The van der Waals surface area contributed by atoms with Gasteiger partial charge in [0, 0.05) is 11.6 Å². The molecule has 5 nitrogen and oxygen atoms in total. The predicted octanol–water partition coefficient (Wildman–Crippen LogP) is 2.69. The van der Waals surface area contributed by atoms with Crippen LogP contribution in [-0.2, 0) is 17.8 Å². The zero-order valence-corrected chi connectivity index (χ0v) is 11.8. The van der Waals surface area contributed by atoms with E-state index in [9.17, 15) is 4.79 Å². The highest BCUT2D eigenvalue weighted by atomic mass is 16.6. The SMILES string of the molecule is CC1Cc2cc3c(nc2N1)COC(=O)N3C(C)(C)C. The highest BCUT2D eigenvalue weighted by Crippen LogP contribution is 2.36. The molecule has 0 saturated heterocycles. The molecule has 2 aliphatic heterocycles. The Kier molecular flexibility index (Phi) is 2.49. The van der Waals surface area contributed by atoms with Gasteiger partial charge in [0.2, 0.25) is 0 Å².